The van der Waals surface area contributed by atoms with Gasteiger partial charge in [-0.3, -0.25) is 9.59 Å². The summed E-state index contributed by atoms with van der Waals surface area (Å²) in [4.78, 5) is 32.7. The van der Waals surface area contributed by atoms with Crippen LogP contribution in [0, 0.1) is 0 Å². The SMILES string of the molecule is O=C(O)C[C@H](NC(=O)c1csc(Br)c1)C(=O)O. The van der Waals surface area contributed by atoms with Gasteiger partial charge in [0, 0.05) is 5.38 Å². The zero-order chi connectivity index (χ0) is 13.0. The molecular weight excluding hydrogens is 314 g/mol. The number of hydrogen-bond donors (Lipinski definition) is 3. The maximum absolute atomic E-state index is 11.6. The van der Waals surface area contributed by atoms with Gasteiger partial charge < -0.3 is 15.5 Å². The first-order valence-electron chi connectivity index (χ1n) is 4.39. The van der Waals surface area contributed by atoms with Crippen LogP contribution < -0.4 is 5.32 Å². The molecule has 1 heterocycles. The highest BCUT2D eigenvalue weighted by Crippen LogP contribution is 2.20. The Bertz CT molecular complexity index is 458. The van der Waals surface area contributed by atoms with E-state index in [1.165, 1.54) is 17.4 Å². The number of aliphatic carboxylic acids is 2. The smallest absolute Gasteiger partial charge is 0.326 e. The second-order valence-corrected chi connectivity index (χ2v) is 5.39. The number of hydrogen-bond acceptors (Lipinski definition) is 4. The van der Waals surface area contributed by atoms with E-state index in [-0.39, 0.29) is 0 Å². The molecule has 0 aliphatic carbocycles. The van der Waals surface area contributed by atoms with Crippen molar-refractivity contribution in [3.05, 3.63) is 20.8 Å². The summed E-state index contributed by atoms with van der Waals surface area (Å²) in [5, 5.41) is 20.9. The summed E-state index contributed by atoms with van der Waals surface area (Å²) in [6, 6.07) is 0.0957. The zero-order valence-corrected chi connectivity index (χ0v) is 10.7. The molecule has 92 valence electrons. The van der Waals surface area contributed by atoms with Gasteiger partial charge in [0.15, 0.2) is 0 Å². The van der Waals surface area contributed by atoms with Crippen LogP contribution in [0.25, 0.3) is 0 Å². The Kier molecular flexibility index (Phi) is 4.64. The molecule has 6 nitrogen and oxygen atoms in total. The van der Waals surface area contributed by atoms with E-state index in [1.54, 1.807) is 5.38 Å². The molecule has 8 heteroatoms. The number of rotatable bonds is 5. The van der Waals surface area contributed by atoms with Crippen molar-refractivity contribution in [3.8, 4) is 0 Å². The molecule has 0 aromatic carbocycles. The summed E-state index contributed by atoms with van der Waals surface area (Å²) in [5.41, 5.74) is 0.290. The van der Waals surface area contributed by atoms with Crippen molar-refractivity contribution in [3.63, 3.8) is 0 Å². The molecule has 1 aromatic rings. The predicted molar refractivity (Wildman–Crippen MR) is 63.2 cm³/mol. The molecule has 0 bridgehead atoms. The van der Waals surface area contributed by atoms with Crippen LogP contribution in [-0.2, 0) is 9.59 Å². The normalized spacial score (nSPS) is 11.8. The predicted octanol–water partition coefficient (Wildman–Crippen LogP) is 1.17. The minimum atomic E-state index is -1.43. The van der Waals surface area contributed by atoms with Crippen molar-refractivity contribution in [2.75, 3.05) is 0 Å². The molecule has 0 aliphatic rings. The minimum Gasteiger partial charge on any atom is -0.481 e. The van der Waals surface area contributed by atoms with E-state index in [1.807, 2.05) is 0 Å². The second-order valence-electron chi connectivity index (χ2n) is 3.10. The topological polar surface area (TPSA) is 104 Å². The molecule has 0 radical (unpaired) electrons. The van der Waals surface area contributed by atoms with E-state index in [2.05, 4.69) is 21.2 Å². The van der Waals surface area contributed by atoms with Gasteiger partial charge >= 0.3 is 11.9 Å². The fraction of sp³-hybridized carbons (Fsp3) is 0.222. The molecule has 17 heavy (non-hydrogen) atoms. The fourth-order valence-corrected chi connectivity index (χ4v) is 2.18. The Morgan fingerprint density at radius 1 is 1.41 bits per heavy atom. The number of amides is 1. The molecule has 1 aromatic heterocycles. The van der Waals surface area contributed by atoms with Gasteiger partial charge in [0.25, 0.3) is 5.91 Å². The lowest BCUT2D eigenvalue weighted by atomic mass is 10.2. The average molecular weight is 322 g/mol. The van der Waals surface area contributed by atoms with E-state index < -0.39 is 30.3 Å². The second kappa shape index (κ2) is 5.78. The standard InChI is InChI=1S/C9H8BrNO5S/c10-6-1-4(3-17-6)8(14)11-5(9(15)16)2-7(12)13/h1,3,5H,2H2,(H,11,14)(H,12,13)(H,15,16)/t5-/m0/s1. The van der Waals surface area contributed by atoms with E-state index in [0.717, 1.165) is 3.79 Å². The van der Waals surface area contributed by atoms with Crippen LogP contribution in [0.5, 0.6) is 0 Å². The molecule has 0 aliphatic heterocycles. The third-order valence-corrected chi connectivity index (χ3v) is 3.32. The molecule has 0 unspecified atom stereocenters. The molecule has 3 N–H and O–H groups in total. The van der Waals surface area contributed by atoms with Gasteiger partial charge in [-0.1, -0.05) is 0 Å². The van der Waals surface area contributed by atoms with Gasteiger partial charge in [-0.15, -0.1) is 11.3 Å². The quantitative estimate of drug-likeness (QED) is 0.755. The molecular formula is C9H8BrNO5S. The highest BCUT2D eigenvalue weighted by Gasteiger charge is 2.23. The minimum absolute atomic E-state index is 0.290. The van der Waals surface area contributed by atoms with Crippen molar-refractivity contribution in [2.24, 2.45) is 0 Å². The average Bonchev–Trinajstić information content (AvgIpc) is 2.63. The maximum atomic E-state index is 11.6. The number of carboxylic acids is 2. The fourth-order valence-electron chi connectivity index (χ4n) is 1.05. The summed E-state index contributed by atoms with van der Waals surface area (Å²) in [7, 11) is 0. The number of thiophene rings is 1. The molecule has 0 fully saturated rings. The maximum Gasteiger partial charge on any atom is 0.326 e. The van der Waals surface area contributed by atoms with Crippen LogP contribution in [-0.4, -0.2) is 34.1 Å². The lowest BCUT2D eigenvalue weighted by molar-refractivity contribution is -0.145. The number of carbonyl (C=O) groups is 3. The molecule has 1 atom stereocenters. The first-order chi connectivity index (χ1) is 7.90. The van der Waals surface area contributed by atoms with Crippen LogP contribution >= 0.6 is 27.3 Å². The third kappa shape index (κ3) is 4.16. The van der Waals surface area contributed by atoms with Crippen molar-refractivity contribution in [1.82, 2.24) is 5.32 Å². The van der Waals surface area contributed by atoms with E-state index in [4.69, 9.17) is 10.2 Å². The first-order valence-corrected chi connectivity index (χ1v) is 6.07. The summed E-state index contributed by atoms with van der Waals surface area (Å²) >= 11 is 4.44. The van der Waals surface area contributed by atoms with Crippen LogP contribution in [0.15, 0.2) is 15.2 Å². The summed E-state index contributed by atoms with van der Waals surface area (Å²) in [5.74, 6) is -3.28. The monoisotopic (exact) mass is 321 g/mol. The Hall–Kier alpha value is -1.41. The van der Waals surface area contributed by atoms with Crippen LogP contribution in [0.1, 0.15) is 16.8 Å². The number of carbonyl (C=O) groups excluding carboxylic acids is 1. The van der Waals surface area contributed by atoms with Crippen molar-refractivity contribution < 1.29 is 24.6 Å². The van der Waals surface area contributed by atoms with Crippen LogP contribution in [0.2, 0.25) is 0 Å². The van der Waals surface area contributed by atoms with Gasteiger partial charge in [-0.2, -0.15) is 0 Å². The van der Waals surface area contributed by atoms with E-state index >= 15 is 0 Å². The van der Waals surface area contributed by atoms with Crippen molar-refractivity contribution in [2.45, 2.75) is 12.5 Å². The summed E-state index contributed by atoms with van der Waals surface area (Å²) < 4.78 is 0.729. The number of nitrogens with one attached hydrogen (secondary N) is 1. The largest absolute Gasteiger partial charge is 0.481 e. The number of carboxylic acid groups (broad SMARTS) is 2. The van der Waals surface area contributed by atoms with Crippen LogP contribution in [0.3, 0.4) is 0 Å². The molecule has 1 rings (SSSR count). The van der Waals surface area contributed by atoms with Gasteiger partial charge in [0.1, 0.15) is 6.04 Å². The Labute approximate surface area is 108 Å². The van der Waals surface area contributed by atoms with Gasteiger partial charge in [0.05, 0.1) is 15.8 Å². The Morgan fingerprint density at radius 2 is 2.06 bits per heavy atom. The lowest BCUT2D eigenvalue weighted by Crippen LogP contribution is -2.42. The number of halogens is 1. The summed E-state index contributed by atoms with van der Waals surface area (Å²) in [6.45, 7) is 0. The third-order valence-electron chi connectivity index (χ3n) is 1.81. The van der Waals surface area contributed by atoms with E-state index in [0.29, 0.717) is 5.56 Å². The highest BCUT2D eigenvalue weighted by molar-refractivity contribution is 9.11. The Balaban J connectivity index is 2.70. The zero-order valence-electron chi connectivity index (χ0n) is 8.34. The first kappa shape index (κ1) is 13.7. The van der Waals surface area contributed by atoms with Crippen molar-refractivity contribution in [1.29, 1.82) is 0 Å². The highest BCUT2D eigenvalue weighted by atomic mass is 79.9. The Morgan fingerprint density at radius 3 is 2.47 bits per heavy atom. The lowest BCUT2D eigenvalue weighted by Gasteiger charge is -2.11. The van der Waals surface area contributed by atoms with Crippen molar-refractivity contribution >= 4 is 45.1 Å². The van der Waals surface area contributed by atoms with Gasteiger partial charge in [-0.25, -0.2) is 4.79 Å². The molecule has 1 amide bonds. The van der Waals surface area contributed by atoms with E-state index in [9.17, 15) is 14.4 Å². The summed E-state index contributed by atoms with van der Waals surface area (Å²) in [6.07, 6.45) is -0.660. The molecule has 0 spiro atoms. The van der Waals surface area contributed by atoms with Crippen LogP contribution in [0.4, 0.5) is 0 Å². The molecule has 0 saturated carbocycles. The van der Waals surface area contributed by atoms with Gasteiger partial charge in [-0.05, 0) is 22.0 Å². The molecule has 0 saturated heterocycles. The van der Waals surface area contributed by atoms with Gasteiger partial charge in [0.2, 0.25) is 0 Å².